The summed E-state index contributed by atoms with van der Waals surface area (Å²) in [6.45, 7) is 3.04. The van der Waals surface area contributed by atoms with Gasteiger partial charge >= 0.3 is 0 Å². The lowest BCUT2D eigenvalue weighted by Gasteiger charge is -2.16. The third-order valence-corrected chi connectivity index (χ3v) is 2.64. The van der Waals surface area contributed by atoms with Crippen LogP contribution in [0.2, 0.25) is 0 Å². The van der Waals surface area contributed by atoms with E-state index in [-0.39, 0.29) is 0 Å². The zero-order valence-corrected chi connectivity index (χ0v) is 9.10. The van der Waals surface area contributed by atoms with Crippen molar-refractivity contribution in [1.82, 2.24) is 0 Å². The van der Waals surface area contributed by atoms with Crippen molar-refractivity contribution in [3.63, 3.8) is 0 Å². The molecule has 0 aliphatic carbocycles. The highest BCUT2D eigenvalue weighted by molar-refractivity contribution is 5.75. The third kappa shape index (κ3) is 2.59. The molecule has 0 aliphatic heterocycles. The van der Waals surface area contributed by atoms with Crippen molar-refractivity contribution in [2.45, 2.75) is 25.7 Å². The average Bonchev–Trinajstić information content (AvgIpc) is 2.27. The summed E-state index contributed by atoms with van der Waals surface area (Å²) in [4.78, 5) is 21.2. The van der Waals surface area contributed by atoms with Crippen LogP contribution in [-0.2, 0) is 9.59 Å². The smallest absolute Gasteiger partial charge is 0.0486 e. The van der Waals surface area contributed by atoms with Crippen LogP contribution in [-0.4, -0.2) is 11.9 Å². The monoisotopic (exact) mass is 220 g/mol. The van der Waals surface area contributed by atoms with E-state index in [9.17, 15) is 19.8 Å². The summed E-state index contributed by atoms with van der Waals surface area (Å²) in [6.07, 6.45) is 0. The number of carboxylic acid groups (broad SMARTS) is 2. The van der Waals surface area contributed by atoms with E-state index in [4.69, 9.17) is 0 Å². The van der Waals surface area contributed by atoms with Gasteiger partial charge in [-0.3, -0.25) is 0 Å². The summed E-state index contributed by atoms with van der Waals surface area (Å²) in [5.41, 5.74) is 1.18. The summed E-state index contributed by atoms with van der Waals surface area (Å²) in [5, 5.41) is 21.2. The minimum absolute atomic E-state index is 0.592. The number of carboxylic acids is 2. The van der Waals surface area contributed by atoms with Gasteiger partial charge in [0.25, 0.3) is 0 Å². The van der Waals surface area contributed by atoms with Gasteiger partial charge < -0.3 is 19.8 Å². The molecule has 86 valence electrons. The van der Waals surface area contributed by atoms with Gasteiger partial charge in [-0.25, -0.2) is 0 Å². The van der Waals surface area contributed by atoms with E-state index in [2.05, 4.69) is 0 Å². The molecule has 2 unspecified atom stereocenters. The van der Waals surface area contributed by atoms with Crippen LogP contribution in [0, 0.1) is 0 Å². The molecule has 4 heteroatoms. The lowest BCUT2D eigenvalue weighted by Crippen LogP contribution is -2.28. The molecule has 0 aromatic heterocycles. The summed E-state index contributed by atoms with van der Waals surface area (Å²) in [7, 11) is 0. The predicted octanol–water partition coefficient (Wildman–Crippen LogP) is -0.607. The second-order valence-corrected chi connectivity index (χ2v) is 3.75. The van der Waals surface area contributed by atoms with Gasteiger partial charge in [0, 0.05) is 23.8 Å². The van der Waals surface area contributed by atoms with Gasteiger partial charge in [0.05, 0.1) is 0 Å². The lowest BCUT2D eigenvalue weighted by molar-refractivity contribution is -0.308. The molecule has 0 fully saturated rings. The van der Waals surface area contributed by atoms with Crippen LogP contribution < -0.4 is 10.2 Å². The van der Waals surface area contributed by atoms with Crippen LogP contribution in [0.1, 0.15) is 36.8 Å². The molecule has 0 bridgehead atoms. The molecule has 0 aliphatic rings. The number of benzene rings is 1. The summed E-state index contributed by atoms with van der Waals surface area (Å²) in [6, 6.07) is 6.37. The minimum Gasteiger partial charge on any atom is -0.550 e. The van der Waals surface area contributed by atoms with E-state index < -0.39 is 23.8 Å². The average molecular weight is 220 g/mol. The molecule has 0 amide bonds. The van der Waals surface area contributed by atoms with Crippen LogP contribution in [0.25, 0.3) is 0 Å². The van der Waals surface area contributed by atoms with E-state index in [0.717, 1.165) is 0 Å². The Morgan fingerprint density at radius 2 is 1.12 bits per heavy atom. The van der Waals surface area contributed by atoms with E-state index in [1.54, 1.807) is 24.3 Å². The molecule has 0 radical (unpaired) electrons. The Balaban J connectivity index is 2.91. The summed E-state index contributed by atoms with van der Waals surface area (Å²) >= 11 is 0. The van der Waals surface area contributed by atoms with Gasteiger partial charge in [0.2, 0.25) is 0 Å². The van der Waals surface area contributed by atoms with Crippen molar-refractivity contribution < 1.29 is 19.8 Å². The number of rotatable bonds is 4. The highest BCUT2D eigenvalue weighted by Gasteiger charge is 2.09. The highest BCUT2D eigenvalue weighted by atomic mass is 16.4. The van der Waals surface area contributed by atoms with E-state index in [1.165, 1.54) is 13.8 Å². The van der Waals surface area contributed by atoms with Crippen LogP contribution in [0.4, 0.5) is 0 Å². The highest BCUT2D eigenvalue weighted by Crippen LogP contribution is 2.19. The van der Waals surface area contributed by atoms with Crippen molar-refractivity contribution in [2.24, 2.45) is 0 Å². The maximum atomic E-state index is 10.6. The molecule has 1 aromatic rings. The topological polar surface area (TPSA) is 80.3 Å². The SMILES string of the molecule is CC(C(=O)[O-])c1ccc(C(C)C(=O)[O-])cc1. The molecule has 1 rings (SSSR count). The van der Waals surface area contributed by atoms with E-state index >= 15 is 0 Å². The molecular formula is C12H12O4-2. The predicted molar refractivity (Wildman–Crippen MR) is 53.3 cm³/mol. The molecule has 4 nitrogen and oxygen atoms in total. The minimum atomic E-state index is -1.15. The molecule has 1 aromatic carbocycles. The summed E-state index contributed by atoms with van der Waals surface area (Å²) < 4.78 is 0. The number of carbonyl (C=O) groups is 2. The molecule has 0 spiro atoms. The second-order valence-electron chi connectivity index (χ2n) is 3.75. The first kappa shape index (κ1) is 12.2. The Labute approximate surface area is 93.5 Å². The van der Waals surface area contributed by atoms with Crippen LogP contribution in [0.3, 0.4) is 0 Å². The zero-order valence-electron chi connectivity index (χ0n) is 9.10. The van der Waals surface area contributed by atoms with Gasteiger partial charge in [-0.05, 0) is 11.1 Å². The van der Waals surface area contributed by atoms with Crippen LogP contribution in [0.5, 0.6) is 0 Å². The largest absolute Gasteiger partial charge is 0.550 e. The Hall–Kier alpha value is -1.84. The van der Waals surface area contributed by atoms with Crippen molar-refractivity contribution in [1.29, 1.82) is 0 Å². The number of hydrogen-bond donors (Lipinski definition) is 0. The maximum Gasteiger partial charge on any atom is 0.0486 e. The fourth-order valence-electron chi connectivity index (χ4n) is 1.35. The Bertz CT molecular complexity index is 355. The molecule has 16 heavy (non-hydrogen) atoms. The number of aliphatic carboxylic acids is 2. The first-order valence-corrected chi connectivity index (χ1v) is 4.95. The van der Waals surface area contributed by atoms with Gasteiger partial charge in [0.1, 0.15) is 0 Å². The van der Waals surface area contributed by atoms with Crippen molar-refractivity contribution in [3.05, 3.63) is 35.4 Å². The van der Waals surface area contributed by atoms with Gasteiger partial charge in [-0.2, -0.15) is 0 Å². The van der Waals surface area contributed by atoms with Crippen molar-refractivity contribution >= 4 is 11.9 Å². The van der Waals surface area contributed by atoms with Crippen LogP contribution in [0.15, 0.2) is 24.3 Å². The van der Waals surface area contributed by atoms with Crippen molar-refractivity contribution in [3.8, 4) is 0 Å². The van der Waals surface area contributed by atoms with E-state index in [0.29, 0.717) is 11.1 Å². The molecule has 0 saturated heterocycles. The quantitative estimate of drug-likeness (QED) is 0.678. The fraction of sp³-hybridized carbons (Fsp3) is 0.333. The first-order valence-electron chi connectivity index (χ1n) is 4.95. The fourth-order valence-corrected chi connectivity index (χ4v) is 1.35. The van der Waals surface area contributed by atoms with Gasteiger partial charge in [-0.15, -0.1) is 0 Å². The van der Waals surface area contributed by atoms with Crippen LogP contribution >= 0.6 is 0 Å². The Morgan fingerprint density at radius 3 is 1.31 bits per heavy atom. The number of carbonyl (C=O) groups excluding carboxylic acids is 2. The molecule has 0 N–H and O–H groups in total. The molecule has 2 atom stereocenters. The third-order valence-electron chi connectivity index (χ3n) is 2.64. The summed E-state index contributed by atoms with van der Waals surface area (Å²) in [5.74, 6) is -3.71. The molecule has 0 heterocycles. The number of hydrogen-bond acceptors (Lipinski definition) is 4. The Morgan fingerprint density at radius 1 is 0.875 bits per heavy atom. The molecule has 0 saturated carbocycles. The standard InChI is InChI=1S/C12H14O4/c1-7(11(13)14)9-3-5-10(6-4-9)8(2)12(15)16/h3-8H,1-2H3,(H,13,14)(H,15,16)/p-2. The maximum absolute atomic E-state index is 10.6. The van der Waals surface area contributed by atoms with Crippen molar-refractivity contribution in [2.75, 3.05) is 0 Å². The normalized spacial score (nSPS) is 14.1. The second kappa shape index (κ2) is 4.79. The zero-order chi connectivity index (χ0) is 12.3. The first-order chi connectivity index (χ1) is 7.43. The van der Waals surface area contributed by atoms with Gasteiger partial charge in [-0.1, -0.05) is 38.1 Å². The Kier molecular flexibility index (Phi) is 3.66. The molecular weight excluding hydrogens is 208 g/mol. The van der Waals surface area contributed by atoms with Gasteiger partial charge in [0.15, 0.2) is 0 Å². The lowest BCUT2D eigenvalue weighted by atomic mass is 9.96. The van der Waals surface area contributed by atoms with E-state index in [1.807, 2.05) is 0 Å².